The first kappa shape index (κ1) is 10.0. The van der Waals surface area contributed by atoms with Crippen molar-refractivity contribution in [2.75, 3.05) is 0 Å². The molecule has 1 aromatic carbocycles. The second kappa shape index (κ2) is 4.33. The van der Waals surface area contributed by atoms with Crippen molar-refractivity contribution in [3.63, 3.8) is 0 Å². The highest BCUT2D eigenvalue weighted by atomic mass is 16.6. The van der Waals surface area contributed by atoms with Gasteiger partial charge in [-0.05, 0) is 10.2 Å². The normalized spacial score (nSPS) is 9.75. The number of nitrogens with zero attached hydrogens (tertiary/aromatic N) is 5. The molecule has 0 unspecified atom stereocenters. The van der Waals surface area contributed by atoms with Crippen LogP contribution in [0.5, 0.6) is 5.95 Å². The van der Waals surface area contributed by atoms with Gasteiger partial charge in [-0.3, -0.25) is 0 Å². The summed E-state index contributed by atoms with van der Waals surface area (Å²) in [5, 5.41) is 17.9. The van der Waals surface area contributed by atoms with E-state index < -0.39 is 5.95 Å². The minimum Gasteiger partial charge on any atom is -0.539 e. The van der Waals surface area contributed by atoms with Gasteiger partial charge in [0, 0.05) is 16.5 Å². The van der Waals surface area contributed by atoms with Crippen molar-refractivity contribution in [3.05, 3.63) is 46.5 Å². The molecule has 0 N–H and O–H groups in total. The summed E-state index contributed by atoms with van der Waals surface area (Å²) in [6.07, 6.45) is 1.22. The minimum absolute atomic E-state index is 0.195. The molecule has 16 heavy (non-hydrogen) atoms. The third kappa shape index (κ3) is 1.94. The molecule has 0 saturated heterocycles. The van der Waals surface area contributed by atoms with Gasteiger partial charge in [0.1, 0.15) is 5.95 Å². The Balaban J connectivity index is 2.43. The van der Waals surface area contributed by atoms with E-state index in [2.05, 4.69) is 19.8 Å². The molecule has 7 nitrogen and oxygen atoms in total. The molecule has 2 aromatic rings. The average molecular weight is 217 g/mol. The molecule has 1 heterocycles. The molecule has 0 fully saturated rings. The molecule has 0 atom stereocenters. The summed E-state index contributed by atoms with van der Waals surface area (Å²) in [7, 11) is 0. The zero-order chi connectivity index (χ0) is 11.4. The van der Waals surface area contributed by atoms with E-state index in [-0.39, 0.29) is 6.54 Å². The van der Waals surface area contributed by atoms with Crippen LogP contribution in [-0.4, -0.2) is 5.27 Å². The van der Waals surface area contributed by atoms with Gasteiger partial charge in [-0.15, -0.1) is 0 Å². The van der Waals surface area contributed by atoms with Gasteiger partial charge in [0.15, 0.2) is 0 Å². The fourth-order valence-corrected chi connectivity index (χ4v) is 1.32. The van der Waals surface area contributed by atoms with Gasteiger partial charge in [0.2, 0.25) is 11.9 Å². The van der Waals surface area contributed by atoms with E-state index in [1.165, 1.54) is 10.9 Å². The highest BCUT2D eigenvalue weighted by molar-refractivity contribution is 5.33. The Hall–Kier alpha value is -2.53. The highest BCUT2D eigenvalue weighted by Gasteiger charge is 2.13. The Kier molecular flexibility index (Phi) is 2.71. The number of aromatic nitrogens is 2. The highest BCUT2D eigenvalue weighted by Crippen LogP contribution is 2.10. The molecule has 0 radical (unpaired) electrons. The SMILES string of the molecule is [N-]=[N+]=NCc1ccccc1-[n+]1cc([O-])on1. The van der Waals surface area contributed by atoms with E-state index in [0.29, 0.717) is 5.69 Å². The second-order valence-corrected chi connectivity index (χ2v) is 2.98. The third-order valence-corrected chi connectivity index (χ3v) is 1.99. The first-order valence-corrected chi connectivity index (χ1v) is 4.46. The largest absolute Gasteiger partial charge is 0.539 e. The van der Waals surface area contributed by atoms with Crippen molar-refractivity contribution in [2.45, 2.75) is 6.54 Å². The third-order valence-electron chi connectivity index (χ3n) is 1.99. The van der Waals surface area contributed by atoms with Crippen molar-refractivity contribution in [3.8, 4) is 11.6 Å². The zero-order valence-electron chi connectivity index (χ0n) is 8.15. The fraction of sp³-hybridized carbons (Fsp3) is 0.111. The smallest absolute Gasteiger partial charge is 0.242 e. The molecule has 1 aromatic heterocycles. The molecule has 2 rings (SSSR count). The predicted molar refractivity (Wildman–Crippen MR) is 50.3 cm³/mol. The second-order valence-electron chi connectivity index (χ2n) is 2.98. The fourth-order valence-electron chi connectivity index (χ4n) is 1.32. The standard InChI is InChI=1S/C9H7N5O2/c10-12-11-5-7-3-1-2-4-8(7)14-6-9(15)16-13-14/h1-4,6H,5H2. The summed E-state index contributed by atoms with van der Waals surface area (Å²) >= 11 is 0. The maximum atomic E-state index is 10.9. The van der Waals surface area contributed by atoms with Crippen LogP contribution >= 0.6 is 0 Å². The van der Waals surface area contributed by atoms with Gasteiger partial charge in [-0.1, -0.05) is 23.3 Å². The van der Waals surface area contributed by atoms with Gasteiger partial charge >= 0.3 is 0 Å². The van der Waals surface area contributed by atoms with Crippen LogP contribution in [0.15, 0.2) is 40.1 Å². The molecular formula is C9H7N5O2. The summed E-state index contributed by atoms with van der Waals surface area (Å²) in [4.78, 5) is 2.68. The van der Waals surface area contributed by atoms with Crippen molar-refractivity contribution < 1.29 is 14.3 Å². The van der Waals surface area contributed by atoms with Crippen LogP contribution in [0, 0.1) is 0 Å². The van der Waals surface area contributed by atoms with Crippen molar-refractivity contribution in [2.24, 2.45) is 5.11 Å². The Labute approximate surface area is 90.1 Å². The van der Waals surface area contributed by atoms with Gasteiger partial charge < -0.3 is 9.63 Å². The Morgan fingerprint density at radius 1 is 1.50 bits per heavy atom. The molecule has 80 valence electrons. The molecule has 7 heteroatoms. The molecule has 0 amide bonds. The van der Waals surface area contributed by atoms with Crippen LogP contribution < -0.4 is 9.79 Å². The maximum absolute atomic E-state index is 10.9. The van der Waals surface area contributed by atoms with Crippen LogP contribution in [0.3, 0.4) is 0 Å². The summed E-state index contributed by atoms with van der Waals surface area (Å²) in [5.41, 5.74) is 9.68. The van der Waals surface area contributed by atoms with E-state index in [9.17, 15) is 5.11 Å². The van der Waals surface area contributed by atoms with Crippen molar-refractivity contribution in [1.82, 2.24) is 5.27 Å². The molecule has 0 saturated carbocycles. The summed E-state index contributed by atoms with van der Waals surface area (Å²) in [5.74, 6) is -0.529. The van der Waals surface area contributed by atoms with E-state index >= 15 is 0 Å². The summed E-state index contributed by atoms with van der Waals surface area (Å²) < 4.78 is 5.74. The van der Waals surface area contributed by atoms with Gasteiger partial charge in [-0.25, -0.2) is 0 Å². The van der Waals surface area contributed by atoms with Crippen LogP contribution in [0.2, 0.25) is 0 Å². The lowest BCUT2D eigenvalue weighted by Gasteiger charge is -1.96. The zero-order valence-corrected chi connectivity index (χ0v) is 8.15. The number of hydrogen-bond donors (Lipinski definition) is 0. The van der Waals surface area contributed by atoms with Gasteiger partial charge in [0.05, 0.1) is 11.8 Å². The van der Waals surface area contributed by atoms with Crippen LogP contribution in [0.1, 0.15) is 5.56 Å². The van der Waals surface area contributed by atoms with Gasteiger partial charge in [0.25, 0.3) is 0 Å². The lowest BCUT2D eigenvalue weighted by molar-refractivity contribution is -0.671. The molecule has 0 aliphatic rings. The Morgan fingerprint density at radius 3 is 3.00 bits per heavy atom. The van der Waals surface area contributed by atoms with E-state index in [0.717, 1.165) is 5.56 Å². The monoisotopic (exact) mass is 217 g/mol. The molecule has 0 bridgehead atoms. The minimum atomic E-state index is -0.529. The number of hydrogen-bond acceptors (Lipinski definition) is 4. The molecule has 0 spiro atoms. The van der Waals surface area contributed by atoms with Crippen LogP contribution in [-0.2, 0) is 6.54 Å². The van der Waals surface area contributed by atoms with Crippen LogP contribution in [0.25, 0.3) is 16.1 Å². The van der Waals surface area contributed by atoms with Gasteiger partial charge in [-0.2, -0.15) is 0 Å². The predicted octanol–water partition coefficient (Wildman–Crippen LogP) is 0.835. The summed E-state index contributed by atoms with van der Waals surface area (Å²) in [6, 6.07) is 7.14. The molecular weight excluding hydrogens is 210 g/mol. The number of benzene rings is 1. The van der Waals surface area contributed by atoms with E-state index in [1.807, 2.05) is 6.07 Å². The van der Waals surface area contributed by atoms with Crippen molar-refractivity contribution in [1.29, 1.82) is 0 Å². The first-order chi connectivity index (χ1) is 7.81. The Morgan fingerprint density at radius 2 is 2.31 bits per heavy atom. The topological polar surface area (TPSA) is 102 Å². The average Bonchev–Trinajstić information content (AvgIpc) is 2.73. The number of para-hydroxylation sites is 1. The first-order valence-electron chi connectivity index (χ1n) is 4.46. The lowest BCUT2D eigenvalue weighted by Crippen LogP contribution is -2.32. The number of rotatable bonds is 3. The quantitative estimate of drug-likeness (QED) is 0.329. The lowest BCUT2D eigenvalue weighted by atomic mass is 10.2. The molecule has 0 aliphatic heterocycles. The van der Waals surface area contributed by atoms with E-state index in [4.69, 9.17) is 5.53 Å². The molecule has 0 aliphatic carbocycles. The maximum Gasteiger partial charge on any atom is 0.242 e. The van der Waals surface area contributed by atoms with Crippen LogP contribution in [0.4, 0.5) is 0 Å². The Bertz CT molecular complexity index is 544. The van der Waals surface area contributed by atoms with E-state index in [1.54, 1.807) is 18.2 Å². The number of azide groups is 1. The summed E-state index contributed by atoms with van der Waals surface area (Å²) in [6.45, 7) is 0.195. The van der Waals surface area contributed by atoms with Crippen molar-refractivity contribution >= 4 is 0 Å².